The summed E-state index contributed by atoms with van der Waals surface area (Å²) in [6.07, 6.45) is 3.15. The zero-order chi connectivity index (χ0) is 18.7. The van der Waals surface area contributed by atoms with Crippen LogP contribution in [0.2, 0.25) is 5.02 Å². The lowest BCUT2D eigenvalue weighted by Crippen LogP contribution is -2.33. The molecular weight excluding hydrogens is 373 g/mol. The molecule has 1 aromatic heterocycles. The summed E-state index contributed by atoms with van der Waals surface area (Å²) in [7, 11) is 1.90. The van der Waals surface area contributed by atoms with E-state index in [1.165, 1.54) is 18.5 Å². The van der Waals surface area contributed by atoms with Crippen molar-refractivity contribution in [3.8, 4) is 5.69 Å². The standard InChI is InChI=1S/C18H17ClFN5S/c1-12(13-3-6-15(7-4-13)25-11-21-10-22-25)24(2)18(26)23-14-5-8-17(20)16(19)9-14/h3-12H,1-2H3,(H,23,26)/t12-/m0/s1. The first-order chi connectivity index (χ1) is 12.5. The molecule has 0 amide bonds. The summed E-state index contributed by atoms with van der Waals surface area (Å²) in [6.45, 7) is 2.05. The van der Waals surface area contributed by atoms with Gasteiger partial charge in [0.05, 0.1) is 16.8 Å². The number of rotatable bonds is 4. The van der Waals surface area contributed by atoms with Crippen LogP contribution in [0.3, 0.4) is 0 Å². The molecule has 0 spiro atoms. The van der Waals surface area contributed by atoms with E-state index in [2.05, 4.69) is 22.3 Å². The molecule has 0 unspecified atom stereocenters. The Morgan fingerprint density at radius 1 is 1.27 bits per heavy atom. The minimum Gasteiger partial charge on any atom is -0.345 e. The first-order valence-electron chi connectivity index (χ1n) is 7.89. The number of benzene rings is 2. The summed E-state index contributed by atoms with van der Waals surface area (Å²) < 4.78 is 15.0. The second-order valence-corrected chi connectivity index (χ2v) is 6.57. The van der Waals surface area contributed by atoms with E-state index in [9.17, 15) is 4.39 Å². The topological polar surface area (TPSA) is 46.0 Å². The summed E-state index contributed by atoms with van der Waals surface area (Å²) in [5.41, 5.74) is 2.67. The summed E-state index contributed by atoms with van der Waals surface area (Å²) in [6, 6.07) is 12.4. The van der Waals surface area contributed by atoms with Gasteiger partial charge in [-0.2, -0.15) is 5.10 Å². The average Bonchev–Trinajstić information content (AvgIpc) is 3.18. The van der Waals surface area contributed by atoms with E-state index in [0.29, 0.717) is 10.8 Å². The van der Waals surface area contributed by atoms with E-state index in [1.54, 1.807) is 17.1 Å². The number of anilines is 1. The molecule has 0 aliphatic rings. The van der Waals surface area contributed by atoms with E-state index in [4.69, 9.17) is 23.8 Å². The molecule has 1 atom stereocenters. The van der Waals surface area contributed by atoms with Crippen molar-refractivity contribution in [1.82, 2.24) is 19.7 Å². The largest absolute Gasteiger partial charge is 0.345 e. The third-order valence-corrected chi connectivity index (χ3v) is 4.81. The average molecular weight is 390 g/mol. The van der Waals surface area contributed by atoms with Gasteiger partial charge >= 0.3 is 0 Å². The van der Waals surface area contributed by atoms with Gasteiger partial charge in [0.25, 0.3) is 0 Å². The third-order valence-electron chi connectivity index (χ3n) is 4.13. The highest BCUT2D eigenvalue weighted by atomic mass is 35.5. The van der Waals surface area contributed by atoms with Crippen LogP contribution in [0.5, 0.6) is 0 Å². The fourth-order valence-electron chi connectivity index (χ4n) is 2.43. The monoisotopic (exact) mass is 389 g/mol. The maximum absolute atomic E-state index is 13.3. The van der Waals surface area contributed by atoms with Gasteiger partial charge in [-0.15, -0.1) is 0 Å². The Bertz CT molecular complexity index is 898. The van der Waals surface area contributed by atoms with Crippen LogP contribution in [0, 0.1) is 5.82 Å². The number of nitrogens with zero attached hydrogens (tertiary/aromatic N) is 4. The molecule has 0 bridgehead atoms. The zero-order valence-electron chi connectivity index (χ0n) is 14.2. The van der Waals surface area contributed by atoms with Gasteiger partial charge in [-0.25, -0.2) is 14.1 Å². The quantitative estimate of drug-likeness (QED) is 0.668. The fraction of sp³-hybridized carbons (Fsp3) is 0.167. The zero-order valence-corrected chi connectivity index (χ0v) is 15.8. The summed E-state index contributed by atoms with van der Waals surface area (Å²) in [5.74, 6) is -0.461. The van der Waals surface area contributed by atoms with Gasteiger partial charge in [-0.05, 0) is 55.0 Å². The molecule has 1 heterocycles. The highest BCUT2D eigenvalue weighted by Gasteiger charge is 2.15. The Kier molecular flexibility index (Phi) is 5.49. The number of hydrogen-bond acceptors (Lipinski definition) is 3. The lowest BCUT2D eigenvalue weighted by atomic mass is 10.1. The molecule has 1 N–H and O–H groups in total. The van der Waals surface area contributed by atoms with Crippen LogP contribution in [0.4, 0.5) is 10.1 Å². The Morgan fingerprint density at radius 3 is 2.62 bits per heavy atom. The van der Waals surface area contributed by atoms with E-state index in [-0.39, 0.29) is 11.1 Å². The Labute approximate surface area is 161 Å². The molecule has 3 rings (SSSR count). The van der Waals surface area contributed by atoms with Crippen molar-refractivity contribution in [1.29, 1.82) is 0 Å². The lowest BCUT2D eigenvalue weighted by molar-refractivity contribution is 0.408. The first kappa shape index (κ1) is 18.3. The highest BCUT2D eigenvalue weighted by Crippen LogP contribution is 2.23. The van der Waals surface area contributed by atoms with Crippen LogP contribution in [0.15, 0.2) is 55.1 Å². The third kappa shape index (κ3) is 4.00. The van der Waals surface area contributed by atoms with Gasteiger partial charge in [-0.1, -0.05) is 23.7 Å². The number of hydrogen-bond donors (Lipinski definition) is 1. The second-order valence-electron chi connectivity index (χ2n) is 5.78. The van der Waals surface area contributed by atoms with Crippen molar-refractivity contribution in [2.45, 2.75) is 13.0 Å². The molecule has 0 saturated heterocycles. The molecule has 0 fully saturated rings. The summed E-state index contributed by atoms with van der Waals surface area (Å²) >= 11 is 11.3. The predicted molar refractivity (Wildman–Crippen MR) is 105 cm³/mol. The highest BCUT2D eigenvalue weighted by molar-refractivity contribution is 7.80. The van der Waals surface area contributed by atoms with Crippen LogP contribution < -0.4 is 5.32 Å². The van der Waals surface area contributed by atoms with Gasteiger partial charge in [-0.3, -0.25) is 0 Å². The molecule has 0 aliphatic carbocycles. The molecule has 0 saturated carbocycles. The normalized spacial score (nSPS) is 11.8. The Morgan fingerprint density at radius 2 is 2.00 bits per heavy atom. The summed E-state index contributed by atoms with van der Waals surface area (Å²) in [5, 5.41) is 7.76. The predicted octanol–water partition coefficient (Wildman–Crippen LogP) is 4.45. The molecule has 5 nitrogen and oxygen atoms in total. The SMILES string of the molecule is C[C@@H](c1ccc(-n2cncn2)cc1)N(C)C(=S)Nc1ccc(F)c(Cl)c1. The molecule has 3 aromatic rings. The molecular formula is C18H17ClFN5S. The fourth-order valence-corrected chi connectivity index (χ4v) is 2.89. The Hall–Kier alpha value is -2.51. The van der Waals surface area contributed by atoms with Gasteiger partial charge in [0.1, 0.15) is 18.5 Å². The van der Waals surface area contributed by atoms with Crippen LogP contribution in [-0.2, 0) is 0 Å². The van der Waals surface area contributed by atoms with E-state index in [0.717, 1.165) is 11.3 Å². The van der Waals surface area contributed by atoms with Crippen LogP contribution >= 0.6 is 23.8 Å². The van der Waals surface area contributed by atoms with Crippen LogP contribution in [0.25, 0.3) is 5.69 Å². The van der Waals surface area contributed by atoms with Crippen molar-refractivity contribution < 1.29 is 4.39 Å². The van der Waals surface area contributed by atoms with E-state index < -0.39 is 5.82 Å². The van der Waals surface area contributed by atoms with Crippen molar-refractivity contribution in [3.05, 3.63) is 71.5 Å². The number of aromatic nitrogens is 3. The molecule has 0 aliphatic heterocycles. The van der Waals surface area contributed by atoms with Gasteiger partial charge in [0, 0.05) is 12.7 Å². The smallest absolute Gasteiger partial charge is 0.173 e. The van der Waals surface area contributed by atoms with Crippen molar-refractivity contribution in [2.75, 3.05) is 12.4 Å². The minimum atomic E-state index is -0.461. The molecule has 8 heteroatoms. The van der Waals surface area contributed by atoms with Crippen LogP contribution in [0.1, 0.15) is 18.5 Å². The maximum atomic E-state index is 13.3. The number of thiocarbonyl (C=S) groups is 1. The van der Waals surface area contributed by atoms with Gasteiger partial charge in [0.15, 0.2) is 5.11 Å². The van der Waals surface area contributed by atoms with Crippen LogP contribution in [-0.4, -0.2) is 31.8 Å². The van der Waals surface area contributed by atoms with E-state index in [1.807, 2.05) is 36.2 Å². The molecule has 2 aromatic carbocycles. The Balaban J connectivity index is 1.69. The summed E-state index contributed by atoms with van der Waals surface area (Å²) in [4.78, 5) is 5.87. The first-order valence-corrected chi connectivity index (χ1v) is 8.68. The van der Waals surface area contributed by atoms with E-state index >= 15 is 0 Å². The van der Waals surface area contributed by atoms with Crippen molar-refractivity contribution in [2.24, 2.45) is 0 Å². The van der Waals surface area contributed by atoms with Crippen molar-refractivity contribution in [3.63, 3.8) is 0 Å². The molecule has 0 radical (unpaired) electrons. The number of nitrogens with one attached hydrogen (secondary N) is 1. The van der Waals surface area contributed by atoms with Gasteiger partial charge < -0.3 is 10.2 Å². The maximum Gasteiger partial charge on any atom is 0.173 e. The second kappa shape index (κ2) is 7.80. The number of halogens is 2. The van der Waals surface area contributed by atoms with Gasteiger partial charge in [0.2, 0.25) is 0 Å². The molecule has 134 valence electrons. The van der Waals surface area contributed by atoms with Crippen molar-refractivity contribution >= 4 is 34.6 Å². The minimum absolute atomic E-state index is 0.0377. The lowest BCUT2D eigenvalue weighted by Gasteiger charge is -2.28. The molecule has 26 heavy (non-hydrogen) atoms.